The molecule has 130 valence electrons. The highest BCUT2D eigenvalue weighted by molar-refractivity contribution is 5.92. The van der Waals surface area contributed by atoms with Crippen molar-refractivity contribution >= 4 is 10.9 Å². The second-order valence-corrected chi connectivity index (χ2v) is 7.77. The number of aryl methyl sites for hydroxylation is 3. The second kappa shape index (κ2) is 6.59. The first kappa shape index (κ1) is 17.6. The Hall–Kier alpha value is -2.22. The van der Waals surface area contributed by atoms with Gasteiger partial charge in [-0.1, -0.05) is 31.5 Å². The van der Waals surface area contributed by atoms with Crippen LogP contribution < -0.4 is 4.57 Å². The van der Waals surface area contributed by atoms with E-state index in [0.717, 1.165) is 17.8 Å². The van der Waals surface area contributed by atoms with E-state index >= 15 is 0 Å². The minimum Gasteiger partial charge on any atom is -0.230 e. The summed E-state index contributed by atoms with van der Waals surface area (Å²) in [6.07, 6.45) is 1.09. The minimum atomic E-state index is 0.652. The summed E-state index contributed by atoms with van der Waals surface area (Å²) in [5.74, 6) is 1.70. The summed E-state index contributed by atoms with van der Waals surface area (Å²) in [7, 11) is 2.12. The van der Waals surface area contributed by atoms with Gasteiger partial charge in [0.25, 0.3) is 5.82 Å². The molecular formula is C23H29N2+. The normalized spacial score (nSPS) is 11.5. The lowest BCUT2D eigenvalue weighted by atomic mass is 9.94. The summed E-state index contributed by atoms with van der Waals surface area (Å²) in [6, 6.07) is 11.4. The van der Waals surface area contributed by atoms with Gasteiger partial charge in [-0.25, -0.2) is 4.57 Å². The predicted molar refractivity (Wildman–Crippen MR) is 106 cm³/mol. The number of aromatic nitrogens is 2. The Morgan fingerprint density at radius 3 is 2.40 bits per heavy atom. The molecule has 2 nitrogen and oxygen atoms in total. The van der Waals surface area contributed by atoms with Gasteiger partial charge in [-0.05, 0) is 73.0 Å². The molecule has 1 heterocycles. The van der Waals surface area contributed by atoms with E-state index in [2.05, 4.69) is 83.5 Å². The molecule has 0 unspecified atom stereocenters. The topological polar surface area (TPSA) is 16.8 Å². The summed E-state index contributed by atoms with van der Waals surface area (Å²) in [4.78, 5) is 4.87. The summed E-state index contributed by atoms with van der Waals surface area (Å²) in [5.41, 5.74) is 9.04. The molecule has 0 N–H and O–H groups in total. The van der Waals surface area contributed by atoms with E-state index in [1.165, 1.54) is 38.9 Å². The van der Waals surface area contributed by atoms with Gasteiger partial charge in [0.15, 0.2) is 5.52 Å². The molecule has 0 bridgehead atoms. The van der Waals surface area contributed by atoms with Gasteiger partial charge in [-0.2, -0.15) is 0 Å². The molecule has 0 fully saturated rings. The zero-order valence-electron chi connectivity index (χ0n) is 16.6. The summed E-state index contributed by atoms with van der Waals surface area (Å²) in [5, 5.41) is 1.23. The van der Waals surface area contributed by atoms with Gasteiger partial charge in [0, 0.05) is 12.5 Å². The van der Waals surface area contributed by atoms with E-state index in [0.29, 0.717) is 5.92 Å². The van der Waals surface area contributed by atoms with Crippen LogP contribution in [0, 0.1) is 33.6 Å². The van der Waals surface area contributed by atoms with E-state index in [-0.39, 0.29) is 0 Å². The van der Waals surface area contributed by atoms with E-state index in [1.54, 1.807) is 0 Å². The molecule has 0 atom stereocenters. The van der Waals surface area contributed by atoms with Crippen molar-refractivity contribution < 1.29 is 4.57 Å². The highest BCUT2D eigenvalue weighted by Gasteiger charge is 2.21. The van der Waals surface area contributed by atoms with Crippen LogP contribution in [0.1, 0.15) is 41.9 Å². The van der Waals surface area contributed by atoms with E-state index in [9.17, 15) is 0 Å². The average molecular weight is 333 g/mol. The van der Waals surface area contributed by atoms with Gasteiger partial charge in [-0.15, -0.1) is 0 Å². The average Bonchev–Trinajstić information content (AvgIpc) is 2.52. The zero-order valence-corrected chi connectivity index (χ0v) is 16.6. The molecule has 2 heteroatoms. The highest BCUT2D eigenvalue weighted by atomic mass is 15.0. The zero-order chi connectivity index (χ0) is 18.3. The lowest BCUT2D eigenvalue weighted by molar-refractivity contribution is -0.668. The lowest BCUT2D eigenvalue weighted by Gasteiger charge is -2.14. The van der Waals surface area contributed by atoms with Gasteiger partial charge >= 0.3 is 0 Å². The number of nitrogens with zero attached hydrogens (tertiary/aromatic N) is 2. The van der Waals surface area contributed by atoms with Crippen molar-refractivity contribution in [1.82, 2.24) is 4.98 Å². The van der Waals surface area contributed by atoms with Crippen LogP contribution in [-0.2, 0) is 13.5 Å². The Labute approximate surface area is 151 Å². The first-order valence-electron chi connectivity index (χ1n) is 9.15. The Morgan fingerprint density at radius 2 is 1.72 bits per heavy atom. The largest absolute Gasteiger partial charge is 0.296 e. The fraction of sp³-hybridized carbons (Fsp3) is 0.391. The van der Waals surface area contributed by atoms with Gasteiger partial charge in [0.1, 0.15) is 5.69 Å². The van der Waals surface area contributed by atoms with Crippen LogP contribution in [0.2, 0.25) is 0 Å². The molecule has 3 aromatic rings. The molecule has 3 rings (SSSR count). The molecular weight excluding hydrogens is 304 g/mol. The number of hydrogen-bond acceptors (Lipinski definition) is 1. The maximum absolute atomic E-state index is 4.87. The Morgan fingerprint density at radius 1 is 1.00 bits per heavy atom. The predicted octanol–water partition coefficient (Wildman–Crippen LogP) is 5.16. The SMILES string of the molecule is Cc1cc(C)c(C)c(-c2c3ccc(CC(C)C)cc3nc(C)[n+]2C)c1. The molecule has 1 aromatic heterocycles. The van der Waals surface area contributed by atoms with Crippen LogP contribution in [0.15, 0.2) is 30.3 Å². The van der Waals surface area contributed by atoms with E-state index < -0.39 is 0 Å². The smallest absolute Gasteiger partial charge is 0.230 e. The second-order valence-electron chi connectivity index (χ2n) is 7.77. The van der Waals surface area contributed by atoms with Crippen LogP contribution in [0.25, 0.3) is 22.2 Å². The van der Waals surface area contributed by atoms with Crippen LogP contribution in [-0.4, -0.2) is 4.98 Å². The third-order valence-electron chi connectivity index (χ3n) is 5.13. The van der Waals surface area contributed by atoms with Gasteiger partial charge < -0.3 is 0 Å². The quantitative estimate of drug-likeness (QED) is 0.605. The van der Waals surface area contributed by atoms with Gasteiger partial charge in [0.05, 0.1) is 12.4 Å². The van der Waals surface area contributed by atoms with Crippen molar-refractivity contribution in [3.8, 4) is 11.3 Å². The first-order chi connectivity index (χ1) is 11.8. The Kier molecular flexibility index (Phi) is 4.64. The maximum Gasteiger partial charge on any atom is 0.296 e. The summed E-state index contributed by atoms with van der Waals surface area (Å²) >= 11 is 0. The van der Waals surface area contributed by atoms with Crippen molar-refractivity contribution in [2.75, 3.05) is 0 Å². The van der Waals surface area contributed by atoms with E-state index in [4.69, 9.17) is 4.98 Å². The standard InChI is InChI=1S/C23H29N2/c1-14(2)10-19-8-9-20-22(13-19)24-18(6)25(7)23(20)21-12-15(3)11-16(4)17(21)5/h8-9,11-14H,10H2,1-7H3/q+1. The van der Waals surface area contributed by atoms with Crippen LogP contribution in [0.5, 0.6) is 0 Å². The van der Waals surface area contributed by atoms with Gasteiger partial charge in [0.2, 0.25) is 0 Å². The van der Waals surface area contributed by atoms with Crippen molar-refractivity contribution in [2.24, 2.45) is 13.0 Å². The van der Waals surface area contributed by atoms with Gasteiger partial charge in [-0.3, -0.25) is 0 Å². The summed E-state index contributed by atoms with van der Waals surface area (Å²) < 4.78 is 2.23. The molecule has 0 aliphatic rings. The molecule has 2 aromatic carbocycles. The van der Waals surface area contributed by atoms with Crippen molar-refractivity contribution in [3.63, 3.8) is 0 Å². The summed E-state index contributed by atoms with van der Waals surface area (Å²) in [6.45, 7) is 13.2. The molecule has 0 radical (unpaired) electrons. The molecule has 0 saturated carbocycles. The van der Waals surface area contributed by atoms with Crippen LogP contribution in [0.3, 0.4) is 0 Å². The lowest BCUT2D eigenvalue weighted by Crippen LogP contribution is -2.36. The van der Waals surface area contributed by atoms with Crippen LogP contribution >= 0.6 is 0 Å². The molecule has 0 saturated heterocycles. The molecule has 0 aliphatic heterocycles. The Bertz CT molecular complexity index is 952. The van der Waals surface area contributed by atoms with Crippen molar-refractivity contribution in [2.45, 2.75) is 48.0 Å². The third kappa shape index (κ3) is 3.30. The molecule has 0 spiro atoms. The number of fused-ring (bicyclic) bond motifs is 1. The molecule has 0 aliphatic carbocycles. The van der Waals surface area contributed by atoms with Crippen LogP contribution in [0.4, 0.5) is 0 Å². The number of benzene rings is 2. The van der Waals surface area contributed by atoms with Crippen molar-refractivity contribution in [3.05, 3.63) is 58.4 Å². The third-order valence-corrected chi connectivity index (χ3v) is 5.13. The van der Waals surface area contributed by atoms with Crippen molar-refractivity contribution in [1.29, 1.82) is 0 Å². The highest BCUT2D eigenvalue weighted by Crippen LogP contribution is 2.30. The maximum atomic E-state index is 4.87. The number of rotatable bonds is 3. The monoisotopic (exact) mass is 333 g/mol. The molecule has 0 amide bonds. The molecule has 25 heavy (non-hydrogen) atoms. The first-order valence-corrected chi connectivity index (χ1v) is 9.15. The minimum absolute atomic E-state index is 0.652. The van der Waals surface area contributed by atoms with E-state index in [1.807, 2.05) is 0 Å². The fourth-order valence-corrected chi connectivity index (χ4v) is 3.67. The fourth-order valence-electron chi connectivity index (χ4n) is 3.67. The number of hydrogen-bond donors (Lipinski definition) is 0. The Balaban J connectivity index is 2.33.